The largest absolute Gasteiger partial charge is 0.353 e. The molecule has 2 amide bonds. The molecule has 0 unspecified atom stereocenters. The molecule has 1 aromatic carbocycles. The van der Waals surface area contributed by atoms with Crippen molar-refractivity contribution in [3.05, 3.63) is 24.3 Å². The lowest BCUT2D eigenvalue weighted by molar-refractivity contribution is -0.133. The molecule has 1 aliphatic heterocycles. The van der Waals surface area contributed by atoms with Crippen molar-refractivity contribution in [2.75, 3.05) is 18.8 Å². The lowest BCUT2D eigenvalue weighted by Gasteiger charge is -2.32. The van der Waals surface area contributed by atoms with Gasteiger partial charge in [0.15, 0.2) is 4.34 Å². The van der Waals surface area contributed by atoms with E-state index in [2.05, 4.69) is 24.1 Å². The maximum atomic E-state index is 12.2. The van der Waals surface area contributed by atoms with Gasteiger partial charge in [0.2, 0.25) is 11.8 Å². The number of nitrogens with zero attached hydrogens (tertiary/aromatic N) is 2. The fourth-order valence-corrected chi connectivity index (χ4v) is 4.94. The summed E-state index contributed by atoms with van der Waals surface area (Å²) >= 11 is 3.11. The van der Waals surface area contributed by atoms with Crippen LogP contribution in [0, 0.1) is 5.92 Å². The van der Waals surface area contributed by atoms with E-state index < -0.39 is 0 Å². The van der Waals surface area contributed by atoms with E-state index in [1.54, 1.807) is 11.3 Å². The topological polar surface area (TPSA) is 62.3 Å². The number of piperidine rings is 1. The summed E-state index contributed by atoms with van der Waals surface area (Å²) in [6.07, 6.45) is 2.28. The number of carbonyl (C=O) groups is 2. The van der Waals surface area contributed by atoms with Gasteiger partial charge in [-0.1, -0.05) is 37.7 Å². The Morgan fingerprint density at radius 2 is 2.04 bits per heavy atom. The number of amides is 2. The van der Waals surface area contributed by atoms with Gasteiger partial charge < -0.3 is 10.2 Å². The second kappa shape index (κ2) is 8.86. The van der Waals surface area contributed by atoms with Crippen molar-refractivity contribution in [3.63, 3.8) is 0 Å². The summed E-state index contributed by atoms with van der Waals surface area (Å²) in [6, 6.07) is 8.18. The number of thioether (sulfide) groups is 1. The van der Waals surface area contributed by atoms with Crippen molar-refractivity contribution >= 4 is 45.1 Å². The zero-order chi connectivity index (χ0) is 18.5. The third-order valence-corrected chi connectivity index (χ3v) is 6.58. The Morgan fingerprint density at radius 3 is 2.73 bits per heavy atom. The Hall–Kier alpha value is -1.60. The van der Waals surface area contributed by atoms with Crippen LogP contribution in [0.5, 0.6) is 0 Å². The molecular weight excluding hydrogens is 366 g/mol. The molecule has 26 heavy (non-hydrogen) atoms. The predicted octanol–water partition coefficient (Wildman–Crippen LogP) is 3.54. The van der Waals surface area contributed by atoms with Crippen molar-refractivity contribution in [2.24, 2.45) is 5.92 Å². The maximum absolute atomic E-state index is 12.2. The number of hydrogen-bond donors (Lipinski definition) is 1. The van der Waals surface area contributed by atoms with Crippen LogP contribution in [0.15, 0.2) is 28.6 Å². The summed E-state index contributed by atoms with van der Waals surface area (Å²) in [6.45, 7) is 5.60. The lowest BCUT2D eigenvalue weighted by atomic mass is 10.0. The number of rotatable bonds is 6. The highest BCUT2D eigenvalue weighted by molar-refractivity contribution is 8.01. The minimum absolute atomic E-state index is 0.0428. The van der Waals surface area contributed by atoms with Crippen LogP contribution >= 0.6 is 23.1 Å². The van der Waals surface area contributed by atoms with E-state index in [0.717, 1.165) is 40.5 Å². The molecule has 0 atom stereocenters. The van der Waals surface area contributed by atoms with Crippen LogP contribution in [0.4, 0.5) is 0 Å². The average Bonchev–Trinajstić information content (AvgIpc) is 3.03. The smallest absolute Gasteiger partial charge is 0.230 e. The number of benzene rings is 1. The van der Waals surface area contributed by atoms with Crippen LogP contribution in [0.3, 0.4) is 0 Å². The van der Waals surface area contributed by atoms with Gasteiger partial charge in [0.05, 0.1) is 16.0 Å². The van der Waals surface area contributed by atoms with Crippen LogP contribution in [0.1, 0.15) is 33.1 Å². The van der Waals surface area contributed by atoms with Gasteiger partial charge >= 0.3 is 0 Å². The molecule has 0 radical (unpaired) electrons. The normalized spacial score (nSPS) is 15.6. The molecule has 1 aromatic heterocycles. The van der Waals surface area contributed by atoms with Gasteiger partial charge in [-0.3, -0.25) is 9.59 Å². The molecule has 5 nitrogen and oxygen atoms in total. The van der Waals surface area contributed by atoms with Crippen LogP contribution in [0.25, 0.3) is 10.2 Å². The number of nitrogens with one attached hydrogen (secondary N) is 1. The van der Waals surface area contributed by atoms with E-state index in [9.17, 15) is 9.59 Å². The first-order valence-corrected chi connectivity index (χ1v) is 10.9. The average molecular weight is 392 g/mol. The fraction of sp³-hybridized carbons (Fsp3) is 0.526. The highest BCUT2D eigenvalue weighted by atomic mass is 32.2. The first-order valence-electron chi connectivity index (χ1n) is 9.07. The van der Waals surface area contributed by atoms with Crippen molar-refractivity contribution in [3.8, 4) is 0 Å². The monoisotopic (exact) mass is 391 g/mol. The van der Waals surface area contributed by atoms with Crippen LogP contribution in [-0.4, -0.2) is 46.6 Å². The lowest BCUT2D eigenvalue weighted by Crippen LogP contribution is -2.47. The van der Waals surface area contributed by atoms with E-state index in [0.29, 0.717) is 18.1 Å². The summed E-state index contributed by atoms with van der Waals surface area (Å²) in [7, 11) is 0. The van der Waals surface area contributed by atoms with Gasteiger partial charge in [-0.05, 0) is 30.9 Å². The molecule has 1 fully saturated rings. The number of fused-ring (bicyclic) bond motifs is 1. The molecule has 0 aliphatic carbocycles. The molecule has 2 aromatic rings. The van der Waals surface area contributed by atoms with Gasteiger partial charge in [-0.15, -0.1) is 11.3 Å². The molecular formula is C19H25N3O2S2. The van der Waals surface area contributed by atoms with E-state index in [4.69, 9.17) is 0 Å². The highest BCUT2D eigenvalue weighted by Gasteiger charge is 2.24. The van der Waals surface area contributed by atoms with E-state index in [1.807, 2.05) is 29.2 Å². The molecule has 1 aliphatic rings. The molecule has 1 saturated heterocycles. The number of likely N-dealkylation sites (tertiary alicyclic amines) is 1. The van der Waals surface area contributed by atoms with Gasteiger partial charge in [-0.2, -0.15) is 0 Å². The Morgan fingerprint density at radius 1 is 1.31 bits per heavy atom. The van der Waals surface area contributed by atoms with Gasteiger partial charge in [-0.25, -0.2) is 4.98 Å². The number of aromatic nitrogens is 1. The molecule has 7 heteroatoms. The molecule has 2 heterocycles. The van der Waals surface area contributed by atoms with Crippen molar-refractivity contribution in [1.82, 2.24) is 15.2 Å². The predicted molar refractivity (Wildman–Crippen MR) is 108 cm³/mol. The minimum Gasteiger partial charge on any atom is -0.353 e. The van der Waals surface area contributed by atoms with E-state index in [1.165, 1.54) is 11.8 Å². The second-order valence-electron chi connectivity index (χ2n) is 7.06. The number of para-hydroxylation sites is 1. The van der Waals surface area contributed by atoms with Crippen LogP contribution in [-0.2, 0) is 9.59 Å². The first kappa shape index (κ1) is 19.2. The molecule has 140 valence electrons. The number of carbonyl (C=O) groups excluding carboxylic acids is 2. The van der Waals surface area contributed by atoms with Crippen LogP contribution in [0.2, 0.25) is 0 Å². The zero-order valence-electron chi connectivity index (χ0n) is 15.2. The summed E-state index contributed by atoms with van der Waals surface area (Å²) in [5, 5.41) is 3.10. The number of hydrogen-bond acceptors (Lipinski definition) is 5. The third-order valence-electron chi connectivity index (χ3n) is 4.40. The molecule has 3 rings (SSSR count). The van der Waals surface area contributed by atoms with E-state index in [-0.39, 0.29) is 17.9 Å². The molecule has 0 saturated carbocycles. The third kappa shape index (κ3) is 5.20. The Balaban J connectivity index is 1.41. The Kier molecular flexibility index (Phi) is 6.53. The van der Waals surface area contributed by atoms with Gasteiger partial charge in [0.25, 0.3) is 0 Å². The maximum Gasteiger partial charge on any atom is 0.230 e. The summed E-state index contributed by atoms with van der Waals surface area (Å²) in [5.74, 6) is 1.05. The minimum atomic E-state index is 0.0428. The molecule has 1 N–H and O–H groups in total. The molecule has 0 bridgehead atoms. The van der Waals surface area contributed by atoms with Crippen molar-refractivity contribution in [2.45, 2.75) is 43.5 Å². The fourth-order valence-electron chi connectivity index (χ4n) is 3.06. The number of thiazole rings is 1. The van der Waals surface area contributed by atoms with Gasteiger partial charge in [0.1, 0.15) is 0 Å². The van der Waals surface area contributed by atoms with Crippen molar-refractivity contribution < 1.29 is 9.59 Å². The SMILES string of the molecule is CC(C)CC(=O)N1CCC(NC(=O)CSc2nc3ccccc3s2)CC1. The summed E-state index contributed by atoms with van der Waals surface area (Å²) < 4.78 is 2.07. The quantitative estimate of drug-likeness (QED) is 0.765. The van der Waals surface area contributed by atoms with Gasteiger partial charge in [0, 0.05) is 25.6 Å². The second-order valence-corrected chi connectivity index (χ2v) is 9.31. The molecule has 0 spiro atoms. The Bertz CT molecular complexity index is 734. The van der Waals surface area contributed by atoms with Crippen LogP contribution < -0.4 is 5.32 Å². The van der Waals surface area contributed by atoms with E-state index >= 15 is 0 Å². The Labute approximate surface area is 162 Å². The first-order chi connectivity index (χ1) is 12.5. The highest BCUT2D eigenvalue weighted by Crippen LogP contribution is 2.29. The summed E-state index contributed by atoms with van der Waals surface area (Å²) in [4.78, 5) is 30.8. The summed E-state index contributed by atoms with van der Waals surface area (Å²) in [5.41, 5.74) is 0.985. The standard InChI is InChI=1S/C19H25N3O2S2/c1-13(2)11-18(24)22-9-7-14(8-10-22)20-17(23)12-25-19-21-15-5-3-4-6-16(15)26-19/h3-6,13-14H,7-12H2,1-2H3,(H,20,23). The zero-order valence-corrected chi connectivity index (χ0v) is 16.9. The van der Waals surface area contributed by atoms with Crippen molar-refractivity contribution in [1.29, 1.82) is 0 Å².